The summed E-state index contributed by atoms with van der Waals surface area (Å²) < 4.78 is 5.78. The maximum absolute atomic E-state index is 11.2. The zero-order chi connectivity index (χ0) is 13.0. The van der Waals surface area contributed by atoms with E-state index in [1.807, 2.05) is 0 Å². The number of likely N-dealkylation sites (N-methyl/N-ethyl adjacent to an activating group) is 1. The van der Waals surface area contributed by atoms with Crippen LogP contribution in [0.25, 0.3) is 0 Å². The van der Waals surface area contributed by atoms with Gasteiger partial charge in [-0.3, -0.25) is 4.79 Å². The summed E-state index contributed by atoms with van der Waals surface area (Å²) in [5, 5.41) is 11.4. The molecule has 1 amide bonds. The fourth-order valence-electron chi connectivity index (χ4n) is 1.20. The molecule has 0 fully saturated rings. The molecule has 0 aliphatic carbocycles. The van der Waals surface area contributed by atoms with Crippen molar-refractivity contribution in [2.75, 3.05) is 7.05 Å². The number of carbonyl (C=O) groups is 2. The second-order valence-corrected chi connectivity index (χ2v) is 4.18. The third-order valence-corrected chi connectivity index (χ3v) is 2.79. The molecule has 17 heavy (non-hydrogen) atoms. The van der Waals surface area contributed by atoms with Crippen molar-refractivity contribution in [1.29, 1.82) is 0 Å². The first-order chi connectivity index (χ1) is 7.95. The molecule has 0 aliphatic rings. The van der Waals surface area contributed by atoms with E-state index in [0.29, 0.717) is 10.2 Å². The number of carbonyl (C=O) groups excluding carboxylic acids is 1. The lowest BCUT2D eigenvalue weighted by atomic mass is 10.2. The second kappa shape index (κ2) is 5.67. The number of carboxylic acids is 1. The Morgan fingerprint density at radius 2 is 2.12 bits per heavy atom. The van der Waals surface area contributed by atoms with E-state index in [4.69, 9.17) is 9.84 Å². The molecular formula is C11H12BrNO4. The van der Waals surface area contributed by atoms with Crippen molar-refractivity contribution in [3.05, 3.63) is 28.2 Å². The Balaban J connectivity index is 2.90. The van der Waals surface area contributed by atoms with Crippen LogP contribution in [-0.2, 0) is 4.79 Å². The molecule has 0 heterocycles. The van der Waals surface area contributed by atoms with Crippen molar-refractivity contribution in [3.8, 4) is 5.75 Å². The van der Waals surface area contributed by atoms with Crippen LogP contribution in [0.2, 0.25) is 0 Å². The van der Waals surface area contributed by atoms with E-state index in [0.717, 1.165) is 0 Å². The van der Waals surface area contributed by atoms with Gasteiger partial charge in [-0.05, 0) is 41.1 Å². The summed E-state index contributed by atoms with van der Waals surface area (Å²) in [5.41, 5.74) is 0.0895. The van der Waals surface area contributed by atoms with Crippen LogP contribution < -0.4 is 10.1 Å². The summed E-state index contributed by atoms with van der Waals surface area (Å²) in [4.78, 5) is 22.1. The highest BCUT2D eigenvalue weighted by molar-refractivity contribution is 9.10. The monoisotopic (exact) mass is 301 g/mol. The standard InChI is InChI=1S/C11H12BrNO4/c1-6(10(14)13-2)17-7-3-4-9(12)8(5-7)11(15)16/h3-6H,1-2H3,(H,13,14)(H,15,16). The van der Waals surface area contributed by atoms with Gasteiger partial charge in [0.2, 0.25) is 0 Å². The molecule has 2 N–H and O–H groups in total. The van der Waals surface area contributed by atoms with Gasteiger partial charge < -0.3 is 15.2 Å². The summed E-state index contributed by atoms with van der Waals surface area (Å²) in [6, 6.07) is 4.52. The summed E-state index contributed by atoms with van der Waals surface area (Å²) in [5.74, 6) is -0.999. The Kier molecular flexibility index (Phi) is 4.51. The first-order valence-corrected chi connectivity index (χ1v) is 5.66. The Morgan fingerprint density at radius 3 is 2.65 bits per heavy atom. The molecule has 0 saturated carbocycles. The number of rotatable bonds is 4. The van der Waals surface area contributed by atoms with E-state index in [1.54, 1.807) is 19.1 Å². The number of hydrogen-bond acceptors (Lipinski definition) is 3. The van der Waals surface area contributed by atoms with Gasteiger partial charge in [-0.2, -0.15) is 0 Å². The normalized spacial score (nSPS) is 11.7. The van der Waals surface area contributed by atoms with Gasteiger partial charge in [-0.25, -0.2) is 4.79 Å². The maximum Gasteiger partial charge on any atom is 0.336 e. The van der Waals surface area contributed by atoms with Crippen LogP contribution in [-0.4, -0.2) is 30.1 Å². The lowest BCUT2D eigenvalue weighted by Crippen LogP contribution is -2.33. The van der Waals surface area contributed by atoms with Crippen molar-refractivity contribution in [1.82, 2.24) is 5.32 Å². The first-order valence-electron chi connectivity index (χ1n) is 4.86. The molecule has 1 unspecified atom stereocenters. The molecule has 1 aromatic carbocycles. The molecule has 6 heteroatoms. The van der Waals surface area contributed by atoms with Crippen molar-refractivity contribution >= 4 is 27.8 Å². The number of aromatic carboxylic acids is 1. The highest BCUT2D eigenvalue weighted by Crippen LogP contribution is 2.23. The van der Waals surface area contributed by atoms with Crippen LogP contribution in [0.4, 0.5) is 0 Å². The minimum atomic E-state index is -1.06. The van der Waals surface area contributed by atoms with Gasteiger partial charge in [-0.15, -0.1) is 0 Å². The van der Waals surface area contributed by atoms with Crippen LogP contribution >= 0.6 is 15.9 Å². The average molecular weight is 302 g/mol. The Bertz CT molecular complexity index is 447. The molecule has 92 valence electrons. The molecule has 0 spiro atoms. The number of carboxylic acid groups (broad SMARTS) is 1. The van der Waals surface area contributed by atoms with E-state index in [2.05, 4.69) is 21.2 Å². The van der Waals surface area contributed by atoms with Crippen LogP contribution in [0.1, 0.15) is 17.3 Å². The molecule has 5 nitrogen and oxygen atoms in total. The molecule has 1 atom stereocenters. The lowest BCUT2D eigenvalue weighted by molar-refractivity contribution is -0.126. The zero-order valence-electron chi connectivity index (χ0n) is 9.36. The summed E-state index contributed by atoms with van der Waals surface area (Å²) in [6.45, 7) is 1.58. The number of hydrogen-bond donors (Lipinski definition) is 2. The van der Waals surface area contributed by atoms with Crippen LogP contribution in [0.15, 0.2) is 22.7 Å². The third kappa shape index (κ3) is 3.45. The predicted molar refractivity (Wildman–Crippen MR) is 65.3 cm³/mol. The highest BCUT2D eigenvalue weighted by Gasteiger charge is 2.15. The van der Waals surface area contributed by atoms with Crippen molar-refractivity contribution < 1.29 is 19.4 Å². The summed E-state index contributed by atoms with van der Waals surface area (Å²) >= 11 is 3.12. The number of benzene rings is 1. The molecule has 0 bridgehead atoms. The minimum absolute atomic E-state index is 0.0895. The van der Waals surface area contributed by atoms with Gasteiger partial charge in [0.1, 0.15) is 5.75 Å². The zero-order valence-corrected chi connectivity index (χ0v) is 10.9. The van der Waals surface area contributed by atoms with Gasteiger partial charge in [0.15, 0.2) is 6.10 Å². The number of ether oxygens (including phenoxy) is 1. The van der Waals surface area contributed by atoms with Crippen LogP contribution in [0.5, 0.6) is 5.75 Å². The molecule has 0 radical (unpaired) electrons. The van der Waals surface area contributed by atoms with Gasteiger partial charge in [-0.1, -0.05) is 0 Å². The maximum atomic E-state index is 11.2. The molecule has 1 rings (SSSR count). The molecular weight excluding hydrogens is 290 g/mol. The molecule has 0 aliphatic heterocycles. The van der Waals surface area contributed by atoms with Gasteiger partial charge in [0.05, 0.1) is 5.56 Å². The first kappa shape index (κ1) is 13.5. The Labute approximate surface area is 107 Å². The van der Waals surface area contributed by atoms with Gasteiger partial charge >= 0.3 is 5.97 Å². The largest absolute Gasteiger partial charge is 0.481 e. The second-order valence-electron chi connectivity index (χ2n) is 3.32. The Hall–Kier alpha value is -1.56. The van der Waals surface area contributed by atoms with Crippen molar-refractivity contribution in [2.45, 2.75) is 13.0 Å². The van der Waals surface area contributed by atoms with Gasteiger partial charge in [0.25, 0.3) is 5.91 Å². The number of amides is 1. The van der Waals surface area contributed by atoms with Crippen LogP contribution in [0, 0.1) is 0 Å². The topological polar surface area (TPSA) is 75.6 Å². The van der Waals surface area contributed by atoms with Crippen molar-refractivity contribution in [3.63, 3.8) is 0 Å². The van der Waals surface area contributed by atoms with E-state index in [1.165, 1.54) is 13.1 Å². The lowest BCUT2D eigenvalue weighted by Gasteiger charge is -2.13. The Morgan fingerprint density at radius 1 is 1.47 bits per heavy atom. The number of nitrogens with one attached hydrogen (secondary N) is 1. The smallest absolute Gasteiger partial charge is 0.336 e. The predicted octanol–water partition coefficient (Wildman–Crippen LogP) is 1.66. The fraction of sp³-hybridized carbons (Fsp3) is 0.273. The van der Waals surface area contributed by atoms with Crippen LogP contribution in [0.3, 0.4) is 0 Å². The molecule has 1 aromatic rings. The highest BCUT2D eigenvalue weighted by atomic mass is 79.9. The molecule has 0 saturated heterocycles. The van der Waals surface area contributed by atoms with Gasteiger partial charge in [0, 0.05) is 11.5 Å². The fourth-order valence-corrected chi connectivity index (χ4v) is 1.62. The van der Waals surface area contributed by atoms with E-state index >= 15 is 0 Å². The number of halogens is 1. The quantitative estimate of drug-likeness (QED) is 0.887. The average Bonchev–Trinajstić information content (AvgIpc) is 2.30. The van der Waals surface area contributed by atoms with E-state index in [-0.39, 0.29) is 11.5 Å². The van der Waals surface area contributed by atoms with Crippen molar-refractivity contribution in [2.24, 2.45) is 0 Å². The summed E-state index contributed by atoms with van der Waals surface area (Å²) in [6.07, 6.45) is -0.678. The van der Waals surface area contributed by atoms with E-state index in [9.17, 15) is 9.59 Å². The third-order valence-electron chi connectivity index (χ3n) is 2.10. The molecule has 0 aromatic heterocycles. The van der Waals surface area contributed by atoms with E-state index < -0.39 is 12.1 Å². The SMILES string of the molecule is CNC(=O)C(C)Oc1ccc(Br)c(C(=O)O)c1. The minimum Gasteiger partial charge on any atom is -0.481 e. The summed E-state index contributed by atoms with van der Waals surface area (Å²) in [7, 11) is 1.51.